The molecular weight excluding hydrogens is 514 g/mol. The van der Waals surface area contributed by atoms with Gasteiger partial charge in [-0.3, -0.25) is 24.0 Å². The summed E-state index contributed by atoms with van der Waals surface area (Å²) in [4.78, 5) is 65.1. The van der Waals surface area contributed by atoms with Crippen molar-refractivity contribution in [3.05, 3.63) is 47.0 Å². The number of amides is 1. The lowest BCUT2D eigenvalue weighted by atomic mass is 9.53. The van der Waals surface area contributed by atoms with E-state index in [1.165, 1.54) is 6.07 Å². The highest BCUT2D eigenvalue weighted by molar-refractivity contribution is 6.31. The van der Waals surface area contributed by atoms with Gasteiger partial charge in [-0.2, -0.15) is 0 Å². The summed E-state index contributed by atoms with van der Waals surface area (Å²) in [5, 5.41) is 22.2. The SMILES string of the molecule is COc1ccc(CCC(C)C)cc1-c1ccc(O)c2c1C[C@H]1C[C@H]3CC(=O)C(C(N)=O)C(=O)[C@@]3(O)C(=O)C1C2=O. The van der Waals surface area contributed by atoms with Gasteiger partial charge in [0.1, 0.15) is 11.5 Å². The summed E-state index contributed by atoms with van der Waals surface area (Å²) in [5.74, 6) is -9.17. The first-order valence-corrected chi connectivity index (χ1v) is 13.6. The lowest BCUT2D eigenvalue weighted by Gasteiger charge is -2.48. The van der Waals surface area contributed by atoms with Crippen LogP contribution in [-0.4, -0.2) is 52.0 Å². The number of aryl methyl sites for hydroxylation is 1. The number of ether oxygens (including phenoxy) is 1. The molecule has 0 spiro atoms. The van der Waals surface area contributed by atoms with Crippen LogP contribution in [0.5, 0.6) is 11.5 Å². The molecule has 1 amide bonds. The second kappa shape index (κ2) is 9.96. The maximum absolute atomic E-state index is 13.9. The Bertz CT molecular complexity index is 1460. The Morgan fingerprint density at radius 3 is 2.45 bits per heavy atom. The van der Waals surface area contributed by atoms with E-state index in [9.17, 15) is 34.2 Å². The van der Waals surface area contributed by atoms with Crippen LogP contribution < -0.4 is 10.5 Å². The Hall–Kier alpha value is -3.85. The van der Waals surface area contributed by atoms with Gasteiger partial charge in [0.25, 0.3) is 0 Å². The van der Waals surface area contributed by atoms with Crippen LogP contribution >= 0.6 is 0 Å². The topological polar surface area (TPSA) is 161 Å². The van der Waals surface area contributed by atoms with Gasteiger partial charge in [0.15, 0.2) is 34.7 Å². The van der Waals surface area contributed by atoms with Gasteiger partial charge in [-0.15, -0.1) is 0 Å². The Morgan fingerprint density at radius 2 is 1.80 bits per heavy atom. The number of benzene rings is 2. The van der Waals surface area contributed by atoms with Gasteiger partial charge in [0.2, 0.25) is 5.91 Å². The number of fused-ring (bicyclic) bond motifs is 3. The van der Waals surface area contributed by atoms with E-state index in [0.717, 1.165) is 24.0 Å². The van der Waals surface area contributed by atoms with E-state index in [2.05, 4.69) is 13.8 Å². The third-order valence-electron chi connectivity index (χ3n) is 8.85. The molecule has 0 aliphatic heterocycles. The number of primary amides is 1. The number of rotatable bonds is 6. The first-order chi connectivity index (χ1) is 18.9. The first-order valence-electron chi connectivity index (χ1n) is 13.6. The number of carbonyl (C=O) groups is 5. The first kappa shape index (κ1) is 27.7. The van der Waals surface area contributed by atoms with Crippen molar-refractivity contribution in [3.63, 3.8) is 0 Å². The number of phenols is 1. The molecule has 40 heavy (non-hydrogen) atoms. The van der Waals surface area contributed by atoms with Gasteiger partial charge >= 0.3 is 0 Å². The smallest absolute Gasteiger partial charge is 0.235 e. The number of carbonyl (C=O) groups excluding carboxylic acids is 5. The Morgan fingerprint density at radius 1 is 1.07 bits per heavy atom. The molecule has 2 unspecified atom stereocenters. The summed E-state index contributed by atoms with van der Waals surface area (Å²) in [7, 11) is 1.55. The van der Waals surface area contributed by atoms with Crippen LogP contribution in [0, 0.1) is 29.6 Å². The van der Waals surface area contributed by atoms with Crippen LogP contribution in [0.4, 0.5) is 0 Å². The number of ketones is 4. The summed E-state index contributed by atoms with van der Waals surface area (Å²) in [5.41, 5.74) is 5.61. The number of aromatic hydroxyl groups is 1. The Balaban J connectivity index is 1.60. The number of aliphatic hydroxyl groups is 1. The summed E-state index contributed by atoms with van der Waals surface area (Å²) >= 11 is 0. The molecule has 2 aromatic rings. The maximum atomic E-state index is 13.9. The molecule has 4 N–H and O–H groups in total. The maximum Gasteiger partial charge on any atom is 0.235 e. The van der Waals surface area contributed by atoms with Crippen LogP contribution in [0.25, 0.3) is 11.1 Å². The fourth-order valence-corrected chi connectivity index (χ4v) is 6.80. The molecule has 9 nitrogen and oxygen atoms in total. The molecule has 2 fully saturated rings. The van der Waals surface area contributed by atoms with Gasteiger partial charge in [0, 0.05) is 17.9 Å². The van der Waals surface area contributed by atoms with Crippen molar-refractivity contribution in [2.75, 3.05) is 7.11 Å². The molecule has 5 rings (SSSR count). The highest BCUT2D eigenvalue weighted by atomic mass is 16.5. The van der Waals surface area contributed by atoms with Gasteiger partial charge in [0.05, 0.1) is 18.6 Å². The number of hydrogen-bond donors (Lipinski definition) is 3. The fourth-order valence-electron chi connectivity index (χ4n) is 6.80. The Kier molecular flexibility index (Phi) is 6.90. The zero-order valence-corrected chi connectivity index (χ0v) is 22.7. The minimum atomic E-state index is -2.66. The van der Waals surface area contributed by atoms with Crippen LogP contribution in [0.15, 0.2) is 30.3 Å². The van der Waals surface area contributed by atoms with E-state index in [0.29, 0.717) is 22.8 Å². The van der Waals surface area contributed by atoms with E-state index in [1.54, 1.807) is 13.2 Å². The molecule has 3 aliphatic carbocycles. The molecule has 210 valence electrons. The van der Waals surface area contributed by atoms with Gasteiger partial charge in [-0.25, -0.2) is 0 Å². The fraction of sp³-hybridized carbons (Fsp3) is 0.452. The van der Waals surface area contributed by atoms with Gasteiger partial charge in [-0.1, -0.05) is 26.0 Å². The average Bonchev–Trinajstić information content (AvgIpc) is 2.89. The molecule has 0 bridgehead atoms. The molecular formula is C31H33NO8. The number of nitrogens with two attached hydrogens (primary N) is 1. The second-order valence-electron chi connectivity index (χ2n) is 11.7. The van der Waals surface area contributed by atoms with Crippen LogP contribution in [-0.2, 0) is 32.0 Å². The highest BCUT2D eigenvalue weighted by Crippen LogP contribution is 2.51. The summed E-state index contributed by atoms with van der Waals surface area (Å²) in [6.45, 7) is 4.30. The molecule has 0 aromatic heterocycles. The van der Waals surface area contributed by atoms with E-state index in [1.807, 2.05) is 18.2 Å². The van der Waals surface area contributed by atoms with Gasteiger partial charge in [-0.05, 0) is 72.4 Å². The molecule has 3 aliphatic rings. The number of hydrogen-bond acceptors (Lipinski definition) is 8. The largest absolute Gasteiger partial charge is 0.507 e. The zero-order chi connectivity index (χ0) is 29.1. The third-order valence-corrected chi connectivity index (χ3v) is 8.85. The van der Waals surface area contributed by atoms with Crippen molar-refractivity contribution in [1.29, 1.82) is 0 Å². The van der Waals surface area contributed by atoms with Crippen molar-refractivity contribution >= 4 is 29.0 Å². The molecule has 2 aromatic carbocycles. The van der Waals surface area contributed by atoms with Crippen LogP contribution in [0.2, 0.25) is 0 Å². The average molecular weight is 548 g/mol. The molecule has 9 heteroatoms. The van der Waals surface area contributed by atoms with E-state index in [4.69, 9.17) is 10.5 Å². The summed E-state index contributed by atoms with van der Waals surface area (Å²) in [6, 6.07) is 8.99. The summed E-state index contributed by atoms with van der Waals surface area (Å²) < 4.78 is 5.64. The van der Waals surface area contributed by atoms with Gasteiger partial charge < -0.3 is 20.7 Å². The second-order valence-corrected chi connectivity index (χ2v) is 11.7. The van der Waals surface area contributed by atoms with Crippen LogP contribution in [0.1, 0.15) is 54.6 Å². The lowest BCUT2D eigenvalue weighted by molar-refractivity contribution is -0.175. The predicted molar refractivity (Wildman–Crippen MR) is 144 cm³/mol. The molecule has 0 radical (unpaired) electrons. The minimum absolute atomic E-state index is 0.0328. The number of phenolic OH excluding ortho intramolecular Hbond substituents is 1. The van der Waals surface area contributed by atoms with Crippen molar-refractivity contribution < 1.29 is 38.9 Å². The van der Waals surface area contributed by atoms with Crippen molar-refractivity contribution in [1.82, 2.24) is 0 Å². The molecule has 0 heterocycles. The predicted octanol–water partition coefficient (Wildman–Crippen LogP) is 2.59. The van der Waals surface area contributed by atoms with Crippen molar-refractivity contribution in [2.24, 2.45) is 35.3 Å². The molecule has 0 saturated heterocycles. The minimum Gasteiger partial charge on any atom is -0.507 e. The summed E-state index contributed by atoms with van der Waals surface area (Å²) in [6.07, 6.45) is 1.71. The normalized spacial score (nSPS) is 27.7. The van der Waals surface area contributed by atoms with Crippen molar-refractivity contribution in [2.45, 2.75) is 51.6 Å². The number of methoxy groups -OCH3 is 1. The van der Waals surface area contributed by atoms with E-state index < -0.39 is 58.3 Å². The van der Waals surface area contributed by atoms with Crippen molar-refractivity contribution in [3.8, 4) is 22.6 Å². The van der Waals surface area contributed by atoms with Crippen LogP contribution in [0.3, 0.4) is 0 Å². The number of Topliss-reactive ketones (excluding diaryl/α,β-unsaturated/α-hetero) is 4. The molecule has 5 atom stereocenters. The molecule has 2 saturated carbocycles. The monoisotopic (exact) mass is 547 g/mol. The third kappa shape index (κ3) is 4.15. The Labute approximate surface area is 231 Å². The van der Waals surface area contributed by atoms with E-state index in [-0.39, 0.29) is 30.6 Å². The zero-order valence-electron chi connectivity index (χ0n) is 22.7. The quantitative estimate of drug-likeness (QED) is 0.465. The standard InChI is InChI=1S/C31H33NO8/c1-14(2)4-5-15-6-9-23(40-3)19(10-15)18-7-8-21(33)25-20(18)12-16-11-17-13-22(34)26(30(32)38)29(37)31(17,39)28(36)24(16)27(25)35/h6-10,14,16-17,24,26,33,39H,4-5,11-13H2,1-3H3,(H2,32,38)/t16-,17+,24?,26?,31+/m1/s1. The highest BCUT2D eigenvalue weighted by Gasteiger charge is 2.66. The lowest BCUT2D eigenvalue weighted by Crippen LogP contribution is -2.68. The van der Waals surface area contributed by atoms with E-state index >= 15 is 0 Å².